The van der Waals surface area contributed by atoms with Gasteiger partial charge >= 0.3 is 6.18 Å². The number of amides is 1. The van der Waals surface area contributed by atoms with E-state index in [0.29, 0.717) is 12.4 Å². The first-order valence-corrected chi connectivity index (χ1v) is 12.4. The van der Waals surface area contributed by atoms with Crippen LogP contribution in [0.5, 0.6) is 17.4 Å². The van der Waals surface area contributed by atoms with Gasteiger partial charge in [0.2, 0.25) is 0 Å². The molecule has 1 aromatic heterocycles. The van der Waals surface area contributed by atoms with Crippen LogP contribution in [0.2, 0.25) is 5.02 Å². The zero-order chi connectivity index (χ0) is 26.0. The van der Waals surface area contributed by atoms with Gasteiger partial charge in [-0.1, -0.05) is 17.7 Å². The maximum absolute atomic E-state index is 13.5. The van der Waals surface area contributed by atoms with E-state index in [1.165, 1.54) is 48.7 Å². The smallest absolute Gasteiger partial charge is 0.435 e. The van der Waals surface area contributed by atoms with Crippen LogP contribution in [0.25, 0.3) is 0 Å². The Bertz CT molecular complexity index is 1380. The molecule has 0 radical (unpaired) electrons. The molecule has 2 N–H and O–H groups in total. The van der Waals surface area contributed by atoms with Gasteiger partial charge in [0, 0.05) is 22.9 Å². The number of rotatable bonds is 7. The van der Waals surface area contributed by atoms with Gasteiger partial charge in [-0.3, -0.25) is 4.79 Å². The number of benzene rings is 2. The lowest BCUT2D eigenvalue weighted by Gasteiger charge is -2.17. The summed E-state index contributed by atoms with van der Waals surface area (Å²) in [4.78, 5) is 13.2. The Hall–Kier alpha value is -3.38. The maximum Gasteiger partial charge on any atom is 0.435 e. The topological polar surface area (TPSA) is 114 Å². The van der Waals surface area contributed by atoms with E-state index in [9.17, 15) is 22.2 Å². The fourth-order valence-electron chi connectivity index (χ4n) is 3.04. The highest BCUT2D eigenvalue weighted by Crippen LogP contribution is 2.37. The van der Waals surface area contributed by atoms with Crippen molar-refractivity contribution in [1.29, 1.82) is 4.78 Å². The number of alkyl halides is 3. The fraction of sp³-hybridized carbons (Fsp3) is 0.227. The number of nitrogens with zero attached hydrogens (tertiary/aromatic N) is 2. The summed E-state index contributed by atoms with van der Waals surface area (Å²) in [6, 6.07) is 10.0. The molecular formula is C22H20ClF3N4O4S. The second kappa shape index (κ2) is 10.1. The molecule has 0 spiro atoms. The third kappa shape index (κ3) is 6.20. The molecule has 0 saturated carbocycles. The number of hydrogen-bond donors (Lipinski definition) is 2. The first-order valence-electron chi connectivity index (χ1n) is 10.0. The lowest BCUT2D eigenvalue weighted by molar-refractivity contribution is -0.142. The Balaban J connectivity index is 2.05. The van der Waals surface area contributed by atoms with Gasteiger partial charge in [0.05, 0.1) is 21.4 Å². The van der Waals surface area contributed by atoms with E-state index in [-0.39, 0.29) is 21.4 Å². The van der Waals surface area contributed by atoms with Crippen LogP contribution in [-0.2, 0) is 15.9 Å². The van der Waals surface area contributed by atoms with Crippen molar-refractivity contribution in [3.05, 3.63) is 64.3 Å². The van der Waals surface area contributed by atoms with Crippen molar-refractivity contribution in [3.63, 3.8) is 0 Å². The summed E-state index contributed by atoms with van der Waals surface area (Å²) in [6.07, 6.45) is -3.67. The second-order valence-electron chi connectivity index (χ2n) is 7.30. The summed E-state index contributed by atoms with van der Waals surface area (Å²) in [5.74, 6) is -1.03. The molecule has 186 valence electrons. The molecular weight excluding hydrogens is 509 g/mol. The van der Waals surface area contributed by atoms with E-state index in [1.807, 2.05) is 0 Å². The second-order valence-corrected chi connectivity index (χ2v) is 9.87. The lowest BCUT2D eigenvalue weighted by atomic mass is 10.1. The van der Waals surface area contributed by atoms with E-state index in [4.69, 9.17) is 25.9 Å². The fourth-order valence-corrected chi connectivity index (χ4v) is 3.94. The van der Waals surface area contributed by atoms with Crippen LogP contribution in [0.3, 0.4) is 0 Å². The van der Waals surface area contributed by atoms with Crippen molar-refractivity contribution in [2.24, 2.45) is 0 Å². The maximum atomic E-state index is 13.5. The minimum absolute atomic E-state index is 0.0135. The standard InChI is InChI=1S/C22H20ClF3N4O4S/c1-4-33-14-8-9-17(16(23)11-14)34-21-18(12(2)19(29-30-21)22(24,25)26)20(31)28-13-6-5-7-15(10-13)35(3,27)32/h5-11,27H,4H2,1-3H3,(H,28,31). The highest BCUT2D eigenvalue weighted by molar-refractivity contribution is 7.91. The molecule has 0 fully saturated rings. The quantitative estimate of drug-likeness (QED) is 0.392. The van der Waals surface area contributed by atoms with E-state index < -0.39 is 44.5 Å². The van der Waals surface area contributed by atoms with Crippen molar-refractivity contribution in [1.82, 2.24) is 10.2 Å². The van der Waals surface area contributed by atoms with Gasteiger partial charge in [0.1, 0.15) is 17.1 Å². The molecule has 1 unspecified atom stereocenters. The molecule has 35 heavy (non-hydrogen) atoms. The number of halogens is 4. The predicted molar refractivity (Wildman–Crippen MR) is 124 cm³/mol. The molecule has 0 aliphatic rings. The van der Waals surface area contributed by atoms with Crippen LogP contribution in [0.1, 0.15) is 28.5 Å². The van der Waals surface area contributed by atoms with Gasteiger partial charge in [-0.15, -0.1) is 10.2 Å². The zero-order valence-electron chi connectivity index (χ0n) is 18.7. The van der Waals surface area contributed by atoms with Gasteiger partial charge in [-0.25, -0.2) is 8.99 Å². The molecule has 2 aromatic carbocycles. The van der Waals surface area contributed by atoms with Crippen LogP contribution in [0.15, 0.2) is 47.4 Å². The number of aromatic nitrogens is 2. The zero-order valence-corrected chi connectivity index (χ0v) is 20.3. The molecule has 0 bridgehead atoms. The number of ether oxygens (including phenoxy) is 2. The first kappa shape index (κ1) is 26.2. The summed E-state index contributed by atoms with van der Waals surface area (Å²) in [6.45, 7) is 3.24. The van der Waals surface area contributed by atoms with E-state index in [1.54, 1.807) is 6.92 Å². The average molecular weight is 529 g/mol. The molecule has 0 aliphatic carbocycles. The largest absolute Gasteiger partial charge is 0.494 e. The Kier molecular flexibility index (Phi) is 7.56. The van der Waals surface area contributed by atoms with Gasteiger partial charge in [0.15, 0.2) is 5.69 Å². The highest BCUT2D eigenvalue weighted by Gasteiger charge is 2.38. The number of hydrogen-bond acceptors (Lipinski definition) is 7. The normalized spacial score (nSPS) is 13.1. The summed E-state index contributed by atoms with van der Waals surface area (Å²) in [5.41, 5.74) is -2.28. The van der Waals surface area contributed by atoms with Crippen LogP contribution >= 0.6 is 11.6 Å². The number of anilines is 1. The van der Waals surface area contributed by atoms with Crippen molar-refractivity contribution < 1.29 is 31.6 Å². The van der Waals surface area contributed by atoms with E-state index >= 15 is 0 Å². The Morgan fingerprint density at radius 1 is 1.20 bits per heavy atom. The number of nitrogens with one attached hydrogen (secondary N) is 2. The third-order valence-electron chi connectivity index (χ3n) is 4.64. The minimum Gasteiger partial charge on any atom is -0.494 e. The Morgan fingerprint density at radius 3 is 2.51 bits per heavy atom. The molecule has 13 heteroatoms. The van der Waals surface area contributed by atoms with Crippen molar-refractivity contribution in [3.8, 4) is 17.4 Å². The van der Waals surface area contributed by atoms with E-state index in [2.05, 4.69) is 15.5 Å². The molecule has 1 heterocycles. The van der Waals surface area contributed by atoms with Crippen LogP contribution < -0.4 is 14.8 Å². The Morgan fingerprint density at radius 2 is 1.91 bits per heavy atom. The molecule has 1 atom stereocenters. The molecule has 3 rings (SSSR count). The van der Waals surface area contributed by atoms with Gasteiger partial charge in [0.25, 0.3) is 11.8 Å². The van der Waals surface area contributed by atoms with Gasteiger partial charge in [-0.2, -0.15) is 13.2 Å². The summed E-state index contributed by atoms with van der Waals surface area (Å²) < 4.78 is 71.1. The summed E-state index contributed by atoms with van der Waals surface area (Å²) in [5, 5.41) is 9.22. The van der Waals surface area contributed by atoms with Crippen LogP contribution in [-0.4, -0.2) is 33.2 Å². The molecule has 0 aliphatic heterocycles. The van der Waals surface area contributed by atoms with Crippen LogP contribution in [0, 0.1) is 11.7 Å². The first-order chi connectivity index (χ1) is 16.3. The SMILES string of the molecule is CCOc1ccc(Oc2nnc(C(F)(F)F)c(C)c2C(=O)Nc2cccc(S(C)(=N)=O)c2)c(Cl)c1. The van der Waals surface area contributed by atoms with Gasteiger partial charge in [-0.05, 0) is 49.7 Å². The predicted octanol–water partition coefficient (Wildman–Crippen LogP) is 5.94. The summed E-state index contributed by atoms with van der Waals surface area (Å²) >= 11 is 6.20. The van der Waals surface area contributed by atoms with Crippen molar-refractivity contribution in [2.45, 2.75) is 24.9 Å². The molecule has 1 amide bonds. The lowest BCUT2D eigenvalue weighted by Crippen LogP contribution is -2.21. The molecule has 0 saturated heterocycles. The minimum atomic E-state index is -4.87. The van der Waals surface area contributed by atoms with Gasteiger partial charge < -0.3 is 14.8 Å². The third-order valence-corrected chi connectivity index (χ3v) is 6.09. The highest BCUT2D eigenvalue weighted by atomic mass is 35.5. The molecule has 8 nitrogen and oxygen atoms in total. The van der Waals surface area contributed by atoms with Crippen molar-refractivity contribution in [2.75, 3.05) is 18.2 Å². The van der Waals surface area contributed by atoms with E-state index in [0.717, 1.165) is 6.92 Å². The monoisotopic (exact) mass is 528 g/mol. The van der Waals surface area contributed by atoms with Crippen molar-refractivity contribution >= 4 is 32.9 Å². The Labute approximate surface area is 204 Å². The number of carbonyl (C=O) groups excluding carboxylic acids is 1. The van der Waals surface area contributed by atoms with Crippen LogP contribution in [0.4, 0.5) is 18.9 Å². The molecule has 3 aromatic rings. The number of carbonyl (C=O) groups is 1. The summed E-state index contributed by atoms with van der Waals surface area (Å²) in [7, 11) is -3.09. The average Bonchev–Trinajstić information content (AvgIpc) is 2.74.